The van der Waals surface area contributed by atoms with Crippen molar-refractivity contribution in [2.75, 3.05) is 24.9 Å². The SMILES string of the molecule is COc1ccc(C2=C(c3ccc(OC)cc3)C3(C(=O)Nc4ccc(F)cc43)c3c([nH]n(-c4ccccc4)c3=O)N2)cc1. The highest BCUT2D eigenvalue weighted by Crippen LogP contribution is 2.56. The minimum absolute atomic E-state index is 0.163. The van der Waals surface area contributed by atoms with E-state index in [1.54, 1.807) is 38.5 Å². The Morgan fingerprint density at radius 1 is 0.762 bits per heavy atom. The van der Waals surface area contributed by atoms with E-state index >= 15 is 4.39 Å². The van der Waals surface area contributed by atoms with Crippen LogP contribution in [-0.4, -0.2) is 29.9 Å². The lowest BCUT2D eigenvalue weighted by atomic mass is 9.65. The first-order chi connectivity index (χ1) is 20.4. The van der Waals surface area contributed by atoms with Crippen LogP contribution in [0.1, 0.15) is 22.3 Å². The van der Waals surface area contributed by atoms with Gasteiger partial charge in [-0.05, 0) is 77.9 Å². The quantitative estimate of drug-likeness (QED) is 0.262. The Hall–Kier alpha value is -5.57. The largest absolute Gasteiger partial charge is 0.497 e. The molecule has 8 nitrogen and oxygen atoms in total. The van der Waals surface area contributed by atoms with Crippen molar-refractivity contribution in [3.05, 3.63) is 135 Å². The van der Waals surface area contributed by atoms with Crippen LogP contribution in [0.2, 0.25) is 0 Å². The molecule has 5 aromatic rings. The molecule has 3 N–H and O–H groups in total. The predicted octanol–water partition coefficient (Wildman–Crippen LogP) is 5.55. The van der Waals surface area contributed by atoms with Crippen molar-refractivity contribution in [2.45, 2.75) is 5.41 Å². The number of anilines is 2. The van der Waals surface area contributed by atoms with Crippen LogP contribution in [-0.2, 0) is 10.2 Å². The molecule has 0 aliphatic carbocycles. The lowest BCUT2D eigenvalue weighted by molar-refractivity contribution is -0.117. The molecule has 0 saturated carbocycles. The second kappa shape index (κ2) is 9.52. The molecular weight excluding hydrogens is 535 g/mol. The molecule has 1 unspecified atom stereocenters. The molecule has 2 aliphatic heterocycles. The van der Waals surface area contributed by atoms with Gasteiger partial charge in [0, 0.05) is 16.8 Å². The maximum absolute atomic E-state index is 15.0. The van der Waals surface area contributed by atoms with Gasteiger partial charge in [0.25, 0.3) is 5.56 Å². The summed E-state index contributed by atoms with van der Waals surface area (Å²) in [4.78, 5) is 28.8. The van der Waals surface area contributed by atoms with Gasteiger partial charge in [-0.1, -0.05) is 30.3 Å². The highest BCUT2D eigenvalue weighted by atomic mass is 19.1. The van der Waals surface area contributed by atoms with Gasteiger partial charge in [-0.2, -0.15) is 0 Å². The number of benzene rings is 4. The van der Waals surface area contributed by atoms with Gasteiger partial charge in [-0.25, -0.2) is 9.07 Å². The number of carbonyl (C=O) groups is 1. The summed E-state index contributed by atoms with van der Waals surface area (Å²) in [6.45, 7) is 0. The van der Waals surface area contributed by atoms with Crippen molar-refractivity contribution in [3.63, 3.8) is 0 Å². The van der Waals surface area contributed by atoms with E-state index in [2.05, 4.69) is 15.7 Å². The number of ether oxygens (including phenoxy) is 2. The number of aromatic amines is 1. The topological polar surface area (TPSA) is 97.4 Å². The lowest BCUT2D eigenvalue weighted by Crippen LogP contribution is -2.44. The van der Waals surface area contributed by atoms with Crippen LogP contribution < -0.4 is 25.7 Å². The maximum atomic E-state index is 15.0. The van der Waals surface area contributed by atoms with Crippen molar-refractivity contribution < 1.29 is 18.7 Å². The molecule has 0 saturated heterocycles. The predicted molar refractivity (Wildman–Crippen MR) is 159 cm³/mol. The van der Waals surface area contributed by atoms with E-state index < -0.39 is 22.7 Å². The van der Waals surface area contributed by atoms with Crippen LogP contribution >= 0.6 is 0 Å². The molecule has 1 aromatic heterocycles. The van der Waals surface area contributed by atoms with Crippen molar-refractivity contribution >= 4 is 28.7 Å². The Bertz CT molecular complexity index is 1940. The van der Waals surface area contributed by atoms with Gasteiger partial charge in [0.15, 0.2) is 0 Å². The van der Waals surface area contributed by atoms with Gasteiger partial charge >= 0.3 is 0 Å². The van der Waals surface area contributed by atoms with Gasteiger partial charge in [0.2, 0.25) is 5.91 Å². The van der Waals surface area contributed by atoms with E-state index in [-0.39, 0.29) is 5.56 Å². The molecule has 0 fully saturated rings. The summed E-state index contributed by atoms with van der Waals surface area (Å²) < 4.78 is 27.2. The van der Waals surface area contributed by atoms with E-state index in [1.165, 1.54) is 22.9 Å². The number of H-pyrrole nitrogens is 1. The third-order valence-corrected chi connectivity index (χ3v) is 7.89. The third-order valence-electron chi connectivity index (χ3n) is 7.89. The minimum Gasteiger partial charge on any atom is -0.497 e. The molecule has 42 heavy (non-hydrogen) atoms. The van der Waals surface area contributed by atoms with Crippen molar-refractivity contribution in [2.24, 2.45) is 0 Å². The molecule has 1 amide bonds. The van der Waals surface area contributed by atoms with Gasteiger partial charge in [-0.3, -0.25) is 14.7 Å². The summed E-state index contributed by atoms with van der Waals surface area (Å²) >= 11 is 0. The number of nitrogens with zero attached hydrogens (tertiary/aromatic N) is 1. The summed E-state index contributed by atoms with van der Waals surface area (Å²) in [5.74, 6) is 0.632. The summed E-state index contributed by atoms with van der Waals surface area (Å²) in [5, 5.41) is 9.56. The average molecular weight is 561 g/mol. The van der Waals surface area contributed by atoms with Crippen LogP contribution in [0, 0.1) is 5.82 Å². The van der Waals surface area contributed by atoms with E-state index in [0.717, 1.165) is 5.56 Å². The first-order valence-electron chi connectivity index (χ1n) is 13.3. The molecule has 208 valence electrons. The normalized spacial score (nSPS) is 17.0. The van der Waals surface area contributed by atoms with E-state index in [4.69, 9.17) is 9.47 Å². The lowest BCUT2D eigenvalue weighted by Gasteiger charge is -2.36. The molecule has 4 aromatic carbocycles. The van der Waals surface area contributed by atoms with Crippen LogP contribution in [0.15, 0.2) is 102 Å². The number of hydrogen-bond acceptors (Lipinski definition) is 5. The molecule has 3 heterocycles. The van der Waals surface area contributed by atoms with E-state index in [1.807, 2.05) is 54.6 Å². The number of carbonyl (C=O) groups excluding carboxylic acids is 1. The first kappa shape index (κ1) is 25.4. The van der Waals surface area contributed by atoms with Crippen molar-refractivity contribution in [3.8, 4) is 17.2 Å². The first-order valence-corrected chi connectivity index (χ1v) is 13.3. The van der Waals surface area contributed by atoms with Crippen LogP contribution in [0.4, 0.5) is 15.9 Å². The molecule has 0 radical (unpaired) electrons. The van der Waals surface area contributed by atoms with Gasteiger partial charge in [0.1, 0.15) is 28.5 Å². The molecular formula is C33H25FN4O4. The molecule has 0 bridgehead atoms. The molecule has 1 atom stereocenters. The van der Waals surface area contributed by atoms with Crippen molar-refractivity contribution in [1.29, 1.82) is 0 Å². The van der Waals surface area contributed by atoms with E-state index in [9.17, 15) is 9.59 Å². The fourth-order valence-corrected chi connectivity index (χ4v) is 6.00. The summed E-state index contributed by atoms with van der Waals surface area (Å²) in [7, 11) is 3.16. The smallest absolute Gasteiger partial charge is 0.278 e. The molecule has 9 heteroatoms. The fraction of sp³-hybridized carbons (Fsp3) is 0.0909. The maximum Gasteiger partial charge on any atom is 0.278 e. The zero-order valence-corrected chi connectivity index (χ0v) is 22.7. The minimum atomic E-state index is -1.70. The zero-order valence-electron chi connectivity index (χ0n) is 22.7. The number of nitrogens with one attached hydrogen (secondary N) is 3. The van der Waals surface area contributed by atoms with Crippen LogP contribution in [0.5, 0.6) is 11.5 Å². The number of methoxy groups -OCH3 is 2. The van der Waals surface area contributed by atoms with Crippen LogP contribution in [0.3, 0.4) is 0 Å². The summed E-state index contributed by atoms with van der Waals surface area (Å²) in [6.07, 6.45) is 0. The second-order valence-electron chi connectivity index (χ2n) is 10.1. The Morgan fingerprint density at radius 2 is 1.40 bits per heavy atom. The number of halogens is 1. The van der Waals surface area contributed by atoms with Crippen molar-refractivity contribution in [1.82, 2.24) is 9.78 Å². The Kier molecular flexibility index (Phi) is 5.76. The highest BCUT2D eigenvalue weighted by Gasteiger charge is 2.58. The van der Waals surface area contributed by atoms with Gasteiger partial charge in [-0.15, -0.1) is 0 Å². The molecule has 1 spiro atoms. The average Bonchev–Trinajstić information content (AvgIpc) is 3.51. The van der Waals surface area contributed by atoms with Crippen LogP contribution in [0.25, 0.3) is 17.0 Å². The number of hydrogen-bond donors (Lipinski definition) is 3. The zero-order chi connectivity index (χ0) is 29.0. The number of fused-ring (bicyclic) bond motifs is 4. The van der Waals surface area contributed by atoms with E-state index in [0.29, 0.717) is 51.1 Å². The van der Waals surface area contributed by atoms with Gasteiger partial charge < -0.3 is 20.1 Å². The highest BCUT2D eigenvalue weighted by molar-refractivity contribution is 6.23. The summed E-state index contributed by atoms with van der Waals surface area (Å²) in [5.41, 5.74) is 1.86. The Labute approximate surface area is 240 Å². The second-order valence-corrected chi connectivity index (χ2v) is 10.1. The monoisotopic (exact) mass is 560 g/mol. The third kappa shape index (κ3) is 3.60. The number of aromatic nitrogens is 2. The number of amides is 1. The standard InChI is InChI=1S/C33H25FN4O4/c1-41-23-13-8-19(9-14-23)27-29(20-10-15-24(42-2)16-11-20)36-30-28(31(39)38(37-30)22-6-4-3-5-7-22)33(27)25-18-21(34)12-17-26(25)35-32(33)40/h3-18,36-37H,1-2H3,(H,35,40). The molecule has 7 rings (SSSR count). The Morgan fingerprint density at radius 3 is 2.05 bits per heavy atom. The number of rotatable bonds is 5. The number of para-hydroxylation sites is 1. The Balaban J connectivity index is 1.62. The summed E-state index contributed by atoms with van der Waals surface area (Å²) in [6, 6.07) is 27.8. The molecule has 2 aliphatic rings. The van der Waals surface area contributed by atoms with Gasteiger partial charge in [0.05, 0.1) is 31.2 Å². The fourth-order valence-electron chi connectivity index (χ4n) is 6.00.